The summed E-state index contributed by atoms with van der Waals surface area (Å²) in [4.78, 5) is 2.54. The minimum absolute atomic E-state index is 0.0977. The van der Waals surface area contributed by atoms with E-state index in [2.05, 4.69) is 10.00 Å². The molecule has 1 unspecified atom stereocenters. The van der Waals surface area contributed by atoms with Crippen LogP contribution in [0.1, 0.15) is 44.9 Å². The summed E-state index contributed by atoms with van der Waals surface area (Å²) in [7, 11) is 0. The molecule has 0 amide bonds. The molecule has 1 aromatic rings. The molecule has 0 aliphatic carbocycles. The van der Waals surface area contributed by atoms with Crippen LogP contribution >= 0.6 is 0 Å². The fourth-order valence-corrected chi connectivity index (χ4v) is 4.02. The SMILES string of the molecule is OCC1(CC2CCCCO2)CCN(CCCn2cccn2)CC1. The lowest BCUT2D eigenvalue weighted by Crippen LogP contribution is -2.44. The Bertz CT molecular complexity index is 435. The van der Waals surface area contributed by atoms with Gasteiger partial charge in [-0.3, -0.25) is 4.68 Å². The van der Waals surface area contributed by atoms with Crippen LogP contribution in [0.5, 0.6) is 0 Å². The molecule has 2 aliphatic heterocycles. The molecule has 1 atom stereocenters. The summed E-state index contributed by atoms with van der Waals surface area (Å²) >= 11 is 0. The second-order valence-corrected chi connectivity index (χ2v) is 7.32. The first-order chi connectivity index (χ1) is 11.3. The van der Waals surface area contributed by atoms with Gasteiger partial charge in [0.1, 0.15) is 0 Å². The normalized spacial score (nSPS) is 25.5. The summed E-state index contributed by atoms with van der Waals surface area (Å²) in [6.45, 7) is 5.55. The van der Waals surface area contributed by atoms with Gasteiger partial charge in [0.2, 0.25) is 0 Å². The molecule has 0 bridgehead atoms. The van der Waals surface area contributed by atoms with Crippen LogP contribution in [0.2, 0.25) is 0 Å². The molecule has 0 saturated carbocycles. The first-order valence-corrected chi connectivity index (χ1v) is 9.22. The van der Waals surface area contributed by atoms with Crippen molar-refractivity contribution in [3.05, 3.63) is 18.5 Å². The predicted octanol–water partition coefficient (Wildman–Crippen LogP) is 2.31. The number of aromatic nitrogens is 2. The third-order valence-electron chi connectivity index (χ3n) is 5.61. The van der Waals surface area contributed by atoms with Crippen molar-refractivity contribution in [3.8, 4) is 0 Å². The Morgan fingerprint density at radius 3 is 2.74 bits per heavy atom. The van der Waals surface area contributed by atoms with Crippen molar-refractivity contribution in [2.24, 2.45) is 5.41 Å². The predicted molar refractivity (Wildman–Crippen MR) is 90.2 cm³/mol. The molecule has 3 heterocycles. The van der Waals surface area contributed by atoms with Crippen molar-refractivity contribution in [1.82, 2.24) is 14.7 Å². The quantitative estimate of drug-likeness (QED) is 0.837. The van der Waals surface area contributed by atoms with E-state index in [1.807, 2.05) is 23.1 Å². The number of piperidine rings is 1. The van der Waals surface area contributed by atoms with Gasteiger partial charge in [-0.05, 0) is 76.1 Å². The number of aliphatic hydroxyl groups excluding tert-OH is 1. The zero-order valence-electron chi connectivity index (χ0n) is 14.2. The highest BCUT2D eigenvalue weighted by atomic mass is 16.5. The Kier molecular flexibility index (Phi) is 6.08. The average molecular weight is 321 g/mol. The molecule has 1 N–H and O–H groups in total. The average Bonchev–Trinajstić information content (AvgIpc) is 3.11. The number of hydrogen-bond donors (Lipinski definition) is 1. The van der Waals surface area contributed by atoms with Crippen molar-refractivity contribution in [2.75, 3.05) is 32.8 Å². The smallest absolute Gasteiger partial charge is 0.0581 e. The summed E-state index contributed by atoms with van der Waals surface area (Å²) in [6.07, 6.45) is 12.3. The molecule has 3 rings (SSSR count). The van der Waals surface area contributed by atoms with Crippen molar-refractivity contribution in [1.29, 1.82) is 0 Å². The molecule has 2 fully saturated rings. The van der Waals surface area contributed by atoms with E-state index in [1.54, 1.807) is 0 Å². The van der Waals surface area contributed by atoms with Crippen LogP contribution in [0.4, 0.5) is 0 Å². The van der Waals surface area contributed by atoms with E-state index < -0.39 is 0 Å². The lowest BCUT2D eigenvalue weighted by atomic mass is 9.74. The maximum Gasteiger partial charge on any atom is 0.0581 e. The Hall–Kier alpha value is -0.910. The summed E-state index contributed by atoms with van der Waals surface area (Å²) < 4.78 is 7.91. The minimum atomic E-state index is 0.0977. The van der Waals surface area contributed by atoms with Gasteiger partial charge in [0.25, 0.3) is 0 Å². The third kappa shape index (κ3) is 4.78. The van der Waals surface area contributed by atoms with Gasteiger partial charge in [0.15, 0.2) is 0 Å². The first kappa shape index (κ1) is 16.9. The van der Waals surface area contributed by atoms with E-state index in [0.29, 0.717) is 12.7 Å². The van der Waals surface area contributed by atoms with Gasteiger partial charge >= 0.3 is 0 Å². The summed E-state index contributed by atoms with van der Waals surface area (Å²) in [5.74, 6) is 0. The third-order valence-corrected chi connectivity index (χ3v) is 5.61. The number of aliphatic hydroxyl groups is 1. The van der Waals surface area contributed by atoms with Crippen LogP contribution < -0.4 is 0 Å². The van der Waals surface area contributed by atoms with Crippen LogP contribution in [0.25, 0.3) is 0 Å². The van der Waals surface area contributed by atoms with E-state index >= 15 is 0 Å². The molecule has 130 valence electrons. The van der Waals surface area contributed by atoms with Crippen molar-refractivity contribution < 1.29 is 9.84 Å². The van der Waals surface area contributed by atoms with Crippen LogP contribution in [-0.2, 0) is 11.3 Å². The van der Waals surface area contributed by atoms with E-state index in [1.165, 1.54) is 19.3 Å². The molecule has 2 aliphatic rings. The second-order valence-electron chi connectivity index (χ2n) is 7.32. The highest BCUT2D eigenvalue weighted by Crippen LogP contribution is 2.38. The van der Waals surface area contributed by atoms with E-state index in [4.69, 9.17) is 4.74 Å². The topological polar surface area (TPSA) is 50.5 Å². The monoisotopic (exact) mass is 321 g/mol. The number of aryl methyl sites for hydroxylation is 1. The van der Waals surface area contributed by atoms with Crippen LogP contribution in [0.3, 0.4) is 0 Å². The van der Waals surface area contributed by atoms with Gasteiger partial charge < -0.3 is 14.7 Å². The number of hydrogen-bond acceptors (Lipinski definition) is 4. The molecule has 23 heavy (non-hydrogen) atoms. The van der Waals surface area contributed by atoms with Gasteiger partial charge in [-0.2, -0.15) is 5.10 Å². The zero-order valence-corrected chi connectivity index (χ0v) is 14.2. The number of rotatable bonds is 7. The van der Waals surface area contributed by atoms with E-state index in [-0.39, 0.29) is 5.41 Å². The number of ether oxygens (including phenoxy) is 1. The Balaban J connectivity index is 1.40. The van der Waals surface area contributed by atoms with Crippen LogP contribution in [-0.4, -0.2) is 58.7 Å². The Morgan fingerprint density at radius 2 is 2.09 bits per heavy atom. The van der Waals surface area contributed by atoms with Gasteiger partial charge in [0.05, 0.1) is 6.10 Å². The fourth-order valence-electron chi connectivity index (χ4n) is 4.02. The highest BCUT2D eigenvalue weighted by molar-refractivity contribution is 4.88. The van der Waals surface area contributed by atoms with E-state index in [0.717, 1.165) is 58.5 Å². The molecule has 0 aromatic carbocycles. The largest absolute Gasteiger partial charge is 0.396 e. The van der Waals surface area contributed by atoms with E-state index in [9.17, 15) is 5.11 Å². The lowest BCUT2D eigenvalue weighted by Gasteiger charge is -2.43. The maximum absolute atomic E-state index is 9.97. The minimum Gasteiger partial charge on any atom is -0.396 e. The van der Waals surface area contributed by atoms with Crippen molar-refractivity contribution in [2.45, 2.75) is 57.6 Å². The van der Waals surface area contributed by atoms with Crippen molar-refractivity contribution >= 4 is 0 Å². The zero-order chi connectivity index (χ0) is 16.0. The van der Waals surface area contributed by atoms with Crippen molar-refractivity contribution in [3.63, 3.8) is 0 Å². The number of nitrogens with zero attached hydrogens (tertiary/aromatic N) is 3. The fraction of sp³-hybridized carbons (Fsp3) is 0.833. The number of likely N-dealkylation sites (tertiary alicyclic amines) is 1. The van der Waals surface area contributed by atoms with Gasteiger partial charge in [-0.15, -0.1) is 0 Å². The van der Waals surface area contributed by atoms with Gasteiger partial charge in [-0.25, -0.2) is 0 Å². The van der Waals surface area contributed by atoms with Crippen LogP contribution in [0.15, 0.2) is 18.5 Å². The Morgan fingerprint density at radius 1 is 1.22 bits per heavy atom. The lowest BCUT2D eigenvalue weighted by molar-refractivity contribution is -0.0480. The summed E-state index contributed by atoms with van der Waals surface area (Å²) in [6, 6.07) is 1.98. The summed E-state index contributed by atoms with van der Waals surface area (Å²) in [5, 5.41) is 14.2. The van der Waals surface area contributed by atoms with Gasteiger partial charge in [-0.1, -0.05) is 0 Å². The standard InChI is InChI=1S/C18H31N3O2/c22-16-18(15-17-5-1-2-14-23-17)6-12-20(13-7-18)9-4-11-21-10-3-8-19-21/h3,8,10,17,22H,1-2,4-7,9,11-16H2. The molecular formula is C18H31N3O2. The summed E-state index contributed by atoms with van der Waals surface area (Å²) in [5.41, 5.74) is 0.0977. The molecule has 0 radical (unpaired) electrons. The second kappa shape index (κ2) is 8.27. The van der Waals surface area contributed by atoms with Gasteiger partial charge in [0, 0.05) is 32.2 Å². The molecule has 1 aromatic heterocycles. The first-order valence-electron chi connectivity index (χ1n) is 9.22. The Labute approximate surface area is 139 Å². The van der Waals surface area contributed by atoms with Crippen LogP contribution in [0, 0.1) is 5.41 Å². The molecule has 5 nitrogen and oxygen atoms in total. The molecule has 0 spiro atoms. The maximum atomic E-state index is 9.97. The molecular weight excluding hydrogens is 290 g/mol. The highest BCUT2D eigenvalue weighted by Gasteiger charge is 2.36. The molecule has 5 heteroatoms. The molecule has 2 saturated heterocycles.